The summed E-state index contributed by atoms with van der Waals surface area (Å²) < 4.78 is 27.4. The molecule has 0 amide bonds. The molecule has 0 atom stereocenters. The number of carboxylic acid groups (broad SMARTS) is 1. The van der Waals surface area contributed by atoms with Gasteiger partial charge in [0, 0.05) is 45.2 Å². The van der Waals surface area contributed by atoms with E-state index in [1.54, 1.807) is 23.6 Å². The Labute approximate surface area is 199 Å². The lowest BCUT2D eigenvalue weighted by atomic mass is 9.84. The summed E-state index contributed by atoms with van der Waals surface area (Å²) in [5.74, 6) is -3.04. The van der Waals surface area contributed by atoms with Gasteiger partial charge in [0.15, 0.2) is 5.13 Å². The van der Waals surface area contributed by atoms with Crippen LogP contribution < -0.4 is 5.32 Å². The minimum Gasteiger partial charge on any atom is -0.478 e. The number of carboxylic acids is 1. The minimum absolute atomic E-state index is 0.00141. The number of pyridine rings is 1. The van der Waals surface area contributed by atoms with Gasteiger partial charge in [0.05, 0.1) is 5.69 Å². The van der Waals surface area contributed by atoms with E-state index in [0.29, 0.717) is 23.9 Å². The normalized spacial score (nSPS) is 16.3. The number of nitrogens with zero attached hydrogens (tertiary/aromatic N) is 2. The fraction of sp³-hybridized carbons (Fsp3) is 0.458. The number of halogens is 2. The van der Waals surface area contributed by atoms with Crippen molar-refractivity contribution >= 4 is 39.6 Å². The van der Waals surface area contributed by atoms with Gasteiger partial charge in [-0.05, 0) is 50.3 Å². The SMILES string of the molecule is Cc1ccc(-c2cnc(Nc3nc(C4CCC(F)(F)CC4)c(CC(C)C)s3)c(C(=O)O)c2)s1. The van der Waals surface area contributed by atoms with E-state index in [4.69, 9.17) is 4.98 Å². The Morgan fingerprint density at radius 2 is 2.00 bits per heavy atom. The topological polar surface area (TPSA) is 75.1 Å². The number of aryl methyl sites for hydroxylation is 1. The molecular weight excluding hydrogens is 464 g/mol. The number of aromatic carboxylic acids is 1. The highest BCUT2D eigenvalue weighted by atomic mass is 32.1. The van der Waals surface area contributed by atoms with E-state index in [2.05, 4.69) is 24.1 Å². The van der Waals surface area contributed by atoms with E-state index >= 15 is 0 Å². The number of thiophene rings is 1. The lowest BCUT2D eigenvalue weighted by Gasteiger charge is -2.28. The second-order valence-corrected chi connectivity index (χ2v) is 11.4. The summed E-state index contributed by atoms with van der Waals surface area (Å²) in [6.45, 7) is 6.22. The van der Waals surface area contributed by atoms with Crippen LogP contribution in [0, 0.1) is 12.8 Å². The largest absolute Gasteiger partial charge is 0.478 e. The van der Waals surface area contributed by atoms with Crippen LogP contribution in [0.25, 0.3) is 10.4 Å². The molecule has 4 rings (SSSR count). The van der Waals surface area contributed by atoms with Crippen LogP contribution in [-0.2, 0) is 6.42 Å². The number of anilines is 2. The van der Waals surface area contributed by atoms with E-state index < -0.39 is 11.9 Å². The zero-order chi connectivity index (χ0) is 23.8. The predicted molar refractivity (Wildman–Crippen MR) is 129 cm³/mol. The van der Waals surface area contributed by atoms with E-state index in [1.165, 1.54) is 11.3 Å². The summed E-state index contributed by atoms with van der Waals surface area (Å²) in [7, 11) is 0. The molecule has 5 nitrogen and oxygen atoms in total. The first kappa shape index (κ1) is 23.8. The maximum atomic E-state index is 13.7. The average Bonchev–Trinajstić information content (AvgIpc) is 3.34. The molecule has 0 aromatic carbocycles. The number of hydrogen-bond donors (Lipinski definition) is 2. The van der Waals surface area contributed by atoms with Gasteiger partial charge in [0.2, 0.25) is 5.92 Å². The van der Waals surface area contributed by atoms with Crippen LogP contribution in [-0.4, -0.2) is 27.0 Å². The van der Waals surface area contributed by atoms with Gasteiger partial charge in [-0.15, -0.1) is 22.7 Å². The fourth-order valence-electron chi connectivity index (χ4n) is 4.12. The van der Waals surface area contributed by atoms with E-state index in [9.17, 15) is 18.7 Å². The van der Waals surface area contributed by atoms with Crippen molar-refractivity contribution in [3.8, 4) is 10.4 Å². The maximum absolute atomic E-state index is 13.7. The van der Waals surface area contributed by atoms with E-state index in [0.717, 1.165) is 32.3 Å². The minimum atomic E-state index is -2.59. The third-order valence-corrected chi connectivity index (χ3v) is 7.85. The van der Waals surface area contributed by atoms with Crippen molar-refractivity contribution in [1.82, 2.24) is 9.97 Å². The molecule has 0 spiro atoms. The molecule has 3 heterocycles. The molecule has 2 N–H and O–H groups in total. The molecule has 0 unspecified atom stereocenters. The highest BCUT2D eigenvalue weighted by molar-refractivity contribution is 7.16. The lowest BCUT2D eigenvalue weighted by molar-refractivity contribution is -0.0385. The second-order valence-electron chi connectivity index (χ2n) is 9.02. The Morgan fingerprint density at radius 1 is 1.27 bits per heavy atom. The van der Waals surface area contributed by atoms with Crippen LogP contribution in [0.3, 0.4) is 0 Å². The van der Waals surface area contributed by atoms with Crippen molar-refractivity contribution in [1.29, 1.82) is 0 Å². The van der Waals surface area contributed by atoms with Crippen LogP contribution in [0.1, 0.15) is 71.3 Å². The highest BCUT2D eigenvalue weighted by Gasteiger charge is 2.37. The third-order valence-electron chi connectivity index (χ3n) is 5.79. The maximum Gasteiger partial charge on any atom is 0.339 e. The Bertz CT molecular complexity index is 1150. The number of thiazole rings is 1. The molecule has 1 aliphatic rings. The first-order valence-corrected chi connectivity index (χ1v) is 12.7. The number of rotatable bonds is 7. The molecule has 0 saturated heterocycles. The van der Waals surface area contributed by atoms with Crippen molar-refractivity contribution in [3.63, 3.8) is 0 Å². The molecule has 176 valence electrons. The van der Waals surface area contributed by atoms with Crippen molar-refractivity contribution in [2.75, 3.05) is 5.32 Å². The van der Waals surface area contributed by atoms with Crippen molar-refractivity contribution < 1.29 is 18.7 Å². The van der Waals surface area contributed by atoms with Crippen LogP contribution >= 0.6 is 22.7 Å². The van der Waals surface area contributed by atoms with Crippen LogP contribution in [0.2, 0.25) is 0 Å². The van der Waals surface area contributed by atoms with Gasteiger partial charge in [0.25, 0.3) is 0 Å². The molecule has 0 bridgehead atoms. The summed E-state index contributed by atoms with van der Waals surface area (Å²) in [4.78, 5) is 24.3. The molecule has 3 aromatic heterocycles. The zero-order valence-corrected chi connectivity index (χ0v) is 20.5. The number of aromatic nitrogens is 2. The van der Waals surface area contributed by atoms with Gasteiger partial charge in [-0.3, -0.25) is 0 Å². The third kappa shape index (κ3) is 5.58. The highest BCUT2D eigenvalue weighted by Crippen LogP contribution is 2.44. The van der Waals surface area contributed by atoms with Gasteiger partial charge < -0.3 is 10.4 Å². The average molecular weight is 492 g/mol. The number of alkyl halides is 2. The summed E-state index contributed by atoms with van der Waals surface area (Å²) in [5.41, 5.74) is 1.69. The standard InChI is InChI=1S/C24H27F2N3O2S2/c1-13(2)10-19-20(15-6-8-24(25,26)9-7-15)28-23(33-19)29-21-17(22(30)31)11-16(12-27-21)18-5-4-14(3)32-18/h4-5,11-13,15H,6-10H2,1-3H3,(H,30,31)(H,27,28,29). The summed E-state index contributed by atoms with van der Waals surface area (Å²) in [6.07, 6.45) is 3.05. The van der Waals surface area contributed by atoms with Gasteiger partial charge in [-0.25, -0.2) is 23.5 Å². The van der Waals surface area contributed by atoms with Gasteiger partial charge in [-0.1, -0.05) is 13.8 Å². The smallest absolute Gasteiger partial charge is 0.339 e. The monoisotopic (exact) mass is 491 g/mol. The molecule has 9 heteroatoms. The number of carbonyl (C=O) groups is 1. The Hall–Kier alpha value is -2.39. The van der Waals surface area contributed by atoms with Crippen molar-refractivity contribution in [2.24, 2.45) is 5.92 Å². The molecule has 33 heavy (non-hydrogen) atoms. The summed E-state index contributed by atoms with van der Waals surface area (Å²) >= 11 is 3.04. The van der Waals surface area contributed by atoms with Gasteiger partial charge in [0.1, 0.15) is 11.4 Å². The zero-order valence-electron chi connectivity index (χ0n) is 18.8. The summed E-state index contributed by atoms with van der Waals surface area (Å²) in [6, 6.07) is 5.56. The van der Waals surface area contributed by atoms with E-state index in [-0.39, 0.29) is 30.1 Å². The first-order chi connectivity index (χ1) is 15.6. The predicted octanol–water partition coefficient (Wildman–Crippen LogP) is 7.51. The van der Waals surface area contributed by atoms with E-state index in [1.807, 2.05) is 19.1 Å². The molecule has 1 fully saturated rings. The quantitative estimate of drug-likeness (QED) is 0.358. The number of hydrogen-bond acceptors (Lipinski definition) is 6. The lowest BCUT2D eigenvalue weighted by Crippen LogP contribution is -2.24. The Morgan fingerprint density at radius 3 is 2.61 bits per heavy atom. The van der Waals surface area contributed by atoms with Gasteiger partial charge >= 0.3 is 5.97 Å². The van der Waals surface area contributed by atoms with Crippen molar-refractivity contribution in [2.45, 2.75) is 64.7 Å². The van der Waals surface area contributed by atoms with Crippen molar-refractivity contribution in [3.05, 3.63) is 45.4 Å². The molecule has 1 saturated carbocycles. The summed E-state index contributed by atoms with van der Waals surface area (Å²) in [5, 5.41) is 13.4. The van der Waals surface area contributed by atoms with Crippen LogP contribution in [0.4, 0.5) is 19.7 Å². The Kier molecular flexibility index (Phi) is 6.81. The molecule has 1 aliphatic carbocycles. The van der Waals surface area contributed by atoms with Gasteiger partial charge in [-0.2, -0.15) is 0 Å². The fourth-order valence-corrected chi connectivity index (χ4v) is 6.23. The molecule has 0 radical (unpaired) electrons. The molecular formula is C24H27F2N3O2S2. The Balaban J connectivity index is 1.63. The van der Waals surface area contributed by atoms with Crippen LogP contribution in [0.15, 0.2) is 24.4 Å². The first-order valence-electron chi connectivity index (χ1n) is 11.1. The number of nitrogens with one attached hydrogen (secondary N) is 1. The van der Waals surface area contributed by atoms with Crippen LogP contribution in [0.5, 0.6) is 0 Å². The molecule has 0 aliphatic heterocycles. The molecule has 3 aromatic rings. The second kappa shape index (κ2) is 9.46.